The Bertz CT molecular complexity index is 1130. The number of Topliss-reactive ketones (excluding diaryl/α,β-unsaturated/α-hetero) is 1. The molecule has 6 nitrogen and oxygen atoms in total. The molecule has 1 aliphatic heterocycles. The number of hydrogen-bond acceptors (Lipinski definition) is 5. The van der Waals surface area contributed by atoms with Gasteiger partial charge >= 0.3 is 5.97 Å². The Morgan fingerprint density at radius 1 is 0.812 bits per heavy atom. The number of esters is 1. The van der Waals surface area contributed by atoms with E-state index in [0.29, 0.717) is 23.1 Å². The normalized spacial score (nSPS) is 31.3. The van der Waals surface area contributed by atoms with Crippen LogP contribution in [0.1, 0.15) is 27.1 Å². The summed E-state index contributed by atoms with van der Waals surface area (Å²) in [4.78, 5) is 52.1. The Hall–Kier alpha value is -3.54. The van der Waals surface area contributed by atoms with Crippen LogP contribution < -0.4 is 4.90 Å². The van der Waals surface area contributed by atoms with Gasteiger partial charge in [0.05, 0.1) is 23.1 Å². The van der Waals surface area contributed by atoms with E-state index in [9.17, 15) is 19.2 Å². The quantitative estimate of drug-likeness (QED) is 0.317. The van der Waals surface area contributed by atoms with Crippen molar-refractivity contribution in [3.05, 3.63) is 77.9 Å². The van der Waals surface area contributed by atoms with Crippen LogP contribution in [0.25, 0.3) is 0 Å². The Kier molecular flexibility index (Phi) is 4.18. The molecule has 32 heavy (non-hydrogen) atoms. The number of rotatable bonds is 5. The average Bonchev–Trinajstić information content (AvgIpc) is 3.61. The minimum Gasteiger partial charge on any atom is -0.454 e. The van der Waals surface area contributed by atoms with Crippen molar-refractivity contribution in [3.8, 4) is 0 Å². The largest absolute Gasteiger partial charge is 0.454 e. The summed E-state index contributed by atoms with van der Waals surface area (Å²) in [5, 5.41) is 0. The number of carbonyl (C=O) groups is 4. The van der Waals surface area contributed by atoms with Crippen LogP contribution in [-0.2, 0) is 14.3 Å². The smallest absolute Gasteiger partial charge is 0.338 e. The molecule has 1 heterocycles. The lowest BCUT2D eigenvalue weighted by atomic mass is 9.63. The zero-order valence-electron chi connectivity index (χ0n) is 17.2. The van der Waals surface area contributed by atoms with Gasteiger partial charge in [-0.3, -0.25) is 19.3 Å². The summed E-state index contributed by atoms with van der Waals surface area (Å²) in [5.74, 6) is -0.228. The van der Waals surface area contributed by atoms with E-state index in [0.717, 1.165) is 6.42 Å². The van der Waals surface area contributed by atoms with E-state index >= 15 is 0 Å². The molecule has 160 valence electrons. The number of ketones is 1. The summed E-state index contributed by atoms with van der Waals surface area (Å²) in [6.07, 6.45) is 5.41. The number of anilines is 1. The van der Waals surface area contributed by atoms with Gasteiger partial charge in [0.25, 0.3) is 0 Å². The summed E-state index contributed by atoms with van der Waals surface area (Å²) in [7, 11) is 0. The second kappa shape index (κ2) is 6.99. The van der Waals surface area contributed by atoms with Crippen molar-refractivity contribution in [2.24, 2.45) is 35.5 Å². The van der Waals surface area contributed by atoms with Gasteiger partial charge in [0.2, 0.25) is 11.8 Å². The third kappa shape index (κ3) is 2.79. The minimum absolute atomic E-state index is 0.131. The Morgan fingerprint density at radius 3 is 2.00 bits per heavy atom. The van der Waals surface area contributed by atoms with Crippen LogP contribution in [0.4, 0.5) is 5.69 Å². The van der Waals surface area contributed by atoms with Gasteiger partial charge in [0, 0.05) is 5.56 Å². The van der Waals surface area contributed by atoms with Gasteiger partial charge in [-0.2, -0.15) is 0 Å². The zero-order valence-corrected chi connectivity index (χ0v) is 17.2. The van der Waals surface area contributed by atoms with Crippen molar-refractivity contribution in [1.82, 2.24) is 0 Å². The van der Waals surface area contributed by atoms with Gasteiger partial charge in [0.1, 0.15) is 0 Å². The van der Waals surface area contributed by atoms with Crippen LogP contribution in [-0.4, -0.2) is 30.2 Å². The highest BCUT2D eigenvalue weighted by Crippen LogP contribution is 2.65. The molecule has 2 saturated carbocycles. The van der Waals surface area contributed by atoms with Crippen LogP contribution in [0, 0.1) is 35.5 Å². The van der Waals surface area contributed by atoms with E-state index in [2.05, 4.69) is 12.2 Å². The molecule has 5 aliphatic rings. The summed E-state index contributed by atoms with van der Waals surface area (Å²) in [6.45, 7) is -0.352. The summed E-state index contributed by atoms with van der Waals surface area (Å²) in [6, 6.07) is 14.9. The number of ether oxygens (including phenoxy) is 1. The van der Waals surface area contributed by atoms with E-state index in [1.54, 1.807) is 42.5 Å². The van der Waals surface area contributed by atoms with Gasteiger partial charge in [-0.15, -0.1) is 0 Å². The summed E-state index contributed by atoms with van der Waals surface area (Å²) < 4.78 is 5.14. The van der Waals surface area contributed by atoms with Crippen molar-refractivity contribution < 1.29 is 23.9 Å². The van der Waals surface area contributed by atoms with E-state index in [-0.39, 0.29) is 53.4 Å². The number of hydrogen-bond donors (Lipinski definition) is 0. The minimum atomic E-state index is -0.629. The van der Waals surface area contributed by atoms with Gasteiger partial charge in [-0.25, -0.2) is 4.79 Å². The van der Waals surface area contributed by atoms with Gasteiger partial charge < -0.3 is 4.74 Å². The third-order valence-electron chi connectivity index (χ3n) is 7.45. The van der Waals surface area contributed by atoms with Crippen molar-refractivity contribution in [2.75, 3.05) is 11.5 Å². The maximum Gasteiger partial charge on any atom is 0.338 e. The molecular formula is C26H21NO5. The van der Waals surface area contributed by atoms with Crippen LogP contribution in [0.15, 0.2) is 66.7 Å². The molecule has 2 aromatic rings. The molecule has 2 amide bonds. The number of allylic oxidation sites excluding steroid dienone is 2. The average molecular weight is 427 g/mol. The number of imide groups is 1. The first kappa shape index (κ1) is 19.2. The van der Waals surface area contributed by atoms with Crippen molar-refractivity contribution in [3.63, 3.8) is 0 Å². The molecule has 1 saturated heterocycles. The highest BCUT2D eigenvalue weighted by molar-refractivity contribution is 6.22. The molecule has 6 heteroatoms. The molecule has 4 aliphatic carbocycles. The maximum absolute atomic E-state index is 13.2. The van der Waals surface area contributed by atoms with Crippen LogP contribution in [0.5, 0.6) is 0 Å². The second-order valence-corrected chi connectivity index (χ2v) is 9.08. The molecule has 0 radical (unpaired) electrons. The topological polar surface area (TPSA) is 80.8 Å². The lowest BCUT2D eigenvalue weighted by molar-refractivity contribution is -0.124. The number of amides is 2. The summed E-state index contributed by atoms with van der Waals surface area (Å²) >= 11 is 0. The van der Waals surface area contributed by atoms with Gasteiger partial charge in [-0.1, -0.05) is 42.5 Å². The van der Waals surface area contributed by atoms with Crippen LogP contribution in [0.2, 0.25) is 0 Å². The Labute approximate surface area is 184 Å². The predicted octanol–water partition coefficient (Wildman–Crippen LogP) is 3.28. The van der Waals surface area contributed by atoms with E-state index in [1.807, 2.05) is 0 Å². The van der Waals surface area contributed by atoms with Crippen molar-refractivity contribution in [1.29, 1.82) is 0 Å². The van der Waals surface area contributed by atoms with E-state index in [4.69, 9.17) is 4.74 Å². The lowest BCUT2D eigenvalue weighted by Gasteiger charge is -2.37. The fourth-order valence-electron chi connectivity index (χ4n) is 5.88. The van der Waals surface area contributed by atoms with Crippen molar-refractivity contribution in [2.45, 2.75) is 6.42 Å². The maximum atomic E-state index is 13.2. The molecule has 6 atom stereocenters. The SMILES string of the molecule is O=C(COC(=O)c1ccc(N2C(=O)[C@@H]3[C@H]4C=C[C@@H]([C@@H]5C[C@@H]45)[C@H]3C2=O)cc1)c1ccccc1. The van der Waals surface area contributed by atoms with Crippen LogP contribution in [0.3, 0.4) is 0 Å². The fourth-order valence-corrected chi connectivity index (χ4v) is 5.88. The number of benzene rings is 2. The lowest BCUT2D eigenvalue weighted by Crippen LogP contribution is -2.40. The van der Waals surface area contributed by atoms with Gasteiger partial charge in [-0.05, 0) is 54.4 Å². The highest BCUT2D eigenvalue weighted by Gasteiger charge is 2.67. The molecule has 3 fully saturated rings. The molecule has 2 aromatic carbocycles. The first-order valence-corrected chi connectivity index (χ1v) is 11.0. The van der Waals surface area contributed by atoms with E-state index < -0.39 is 5.97 Å². The Morgan fingerprint density at radius 2 is 1.41 bits per heavy atom. The molecule has 0 spiro atoms. The number of carbonyl (C=O) groups excluding carboxylic acids is 4. The van der Waals surface area contributed by atoms with E-state index in [1.165, 1.54) is 17.0 Å². The molecule has 0 aromatic heterocycles. The monoisotopic (exact) mass is 427 g/mol. The Balaban J connectivity index is 1.15. The first-order valence-electron chi connectivity index (χ1n) is 11.0. The molecule has 0 unspecified atom stereocenters. The summed E-state index contributed by atoms with van der Waals surface area (Å²) in [5.41, 5.74) is 1.21. The van der Waals surface area contributed by atoms with Crippen molar-refractivity contribution >= 4 is 29.3 Å². The zero-order chi connectivity index (χ0) is 22.0. The predicted molar refractivity (Wildman–Crippen MR) is 115 cm³/mol. The standard InChI is InChI=1S/C26H21NO5/c28-21(14-4-2-1-3-5-14)13-32-26(31)15-6-8-16(9-7-15)27-24(29)22-17-10-11-18(20-12-19(17)20)23(22)25(27)30/h1-11,17-20,22-23H,12-13H2/t17-,18-,19-,20-,22+,23+/m0/s1. The third-order valence-corrected chi connectivity index (χ3v) is 7.45. The number of nitrogens with zero attached hydrogens (tertiary/aromatic N) is 1. The van der Waals surface area contributed by atoms with Gasteiger partial charge in [0.15, 0.2) is 12.4 Å². The highest BCUT2D eigenvalue weighted by atomic mass is 16.5. The van der Waals surface area contributed by atoms with Crippen LogP contribution >= 0.6 is 0 Å². The molecular weight excluding hydrogens is 406 g/mol. The molecule has 0 N–H and O–H groups in total. The molecule has 7 rings (SSSR count). The first-order chi connectivity index (χ1) is 15.5. The fraction of sp³-hybridized carbons (Fsp3) is 0.308. The molecule has 2 bridgehead atoms. The second-order valence-electron chi connectivity index (χ2n) is 9.08.